The quantitative estimate of drug-likeness (QED) is 0.871. The predicted molar refractivity (Wildman–Crippen MR) is 77.4 cm³/mol. The third-order valence-corrected chi connectivity index (χ3v) is 4.74. The summed E-state index contributed by atoms with van der Waals surface area (Å²) in [6.45, 7) is 1.64. The first kappa shape index (κ1) is 15.0. The summed E-state index contributed by atoms with van der Waals surface area (Å²) in [4.78, 5) is 0. The summed E-state index contributed by atoms with van der Waals surface area (Å²) < 4.78 is 27.0. The van der Waals surface area contributed by atoms with Crippen molar-refractivity contribution in [3.05, 3.63) is 35.4 Å². The highest BCUT2D eigenvalue weighted by atomic mass is 32.2. The Labute approximate surface area is 120 Å². The van der Waals surface area contributed by atoms with Crippen LogP contribution < -0.4 is 10.0 Å². The first-order valence-electron chi connectivity index (χ1n) is 6.79. The Bertz CT molecular complexity index is 567. The fraction of sp³-hybridized carbons (Fsp3) is 0.500. The molecule has 1 heterocycles. The maximum Gasteiger partial charge on any atom is 0.216 e. The Morgan fingerprint density at radius 3 is 2.75 bits per heavy atom. The minimum atomic E-state index is -3.34. The van der Waals surface area contributed by atoms with E-state index in [1.807, 2.05) is 6.07 Å². The lowest BCUT2D eigenvalue weighted by atomic mass is 10.2. The van der Waals surface area contributed by atoms with Gasteiger partial charge in [-0.3, -0.25) is 0 Å². The van der Waals surface area contributed by atoms with E-state index in [2.05, 4.69) is 10.0 Å². The lowest BCUT2D eigenvalue weighted by Crippen LogP contribution is -2.41. The van der Waals surface area contributed by atoms with E-state index in [9.17, 15) is 8.42 Å². The van der Waals surface area contributed by atoms with Crippen LogP contribution in [-0.4, -0.2) is 27.5 Å². The van der Waals surface area contributed by atoms with Crippen molar-refractivity contribution in [1.82, 2.24) is 10.0 Å². The van der Waals surface area contributed by atoms with E-state index < -0.39 is 10.0 Å². The number of benzene rings is 1. The normalized spacial score (nSPS) is 20.1. The van der Waals surface area contributed by atoms with Crippen LogP contribution in [0.1, 0.15) is 30.4 Å². The molecule has 20 heavy (non-hydrogen) atoms. The van der Waals surface area contributed by atoms with Gasteiger partial charge in [0.25, 0.3) is 0 Å². The molecule has 1 atom stereocenters. The van der Waals surface area contributed by atoms with E-state index in [0.717, 1.165) is 25.8 Å². The lowest BCUT2D eigenvalue weighted by molar-refractivity contribution is 0.520. The number of nitrogens with zero attached hydrogens (tertiary/aromatic N) is 1. The van der Waals surface area contributed by atoms with Crippen LogP contribution in [0.4, 0.5) is 0 Å². The van der Waals surface area contributed by atoms with Crippen LogP contribution >= 0.6 is 0 Å². The summed E-state index contributed by atoms with van der Waals surface area (Å²) in [7, 11) is -3.34. The molecule has 0 saturated carbocycles. The zero-order valence-electron chi connectivity index (χ0n) is 11.3. The molecule has 0 aliphatic carbocycles. The molecule has 0 bridgehead atoms. The second-order valence-corrected chi connectivity index (χ2v) is 6.84. The van der Waals surface area contributed by atoms with Crippen LogP contribution in [0.2, 0.25) is 0 Å². The van der Waals surface area contributed by atoms with Crippen LogP contribution in [0.5, 0.6) is 0 Å². The van der Waals surface area contributed by atoms with E-state index in [1.165, 1.54) is 0 Å². The van der Waals surface area contributed by atoms with Crippen LogP contribution in [0.25, 0.3) is 0 Å². The highest BCUT2D eigenvalue weighted by molar-refractivity contribution is 7.88. The van der Waals surface area contributed by atoms with Crippen LogP contribution in [0.15, 0.2) is 24.3 Å². The molecule has 2 rings (SSSR count). The Hall–Kier alpha value is -1.42. The Morgan fingerprint density at radius 2 is 2.05 bits per heavy atom. The first-order chi connectivity index (χ1) is 9.59. The van der Waals surface area contributed by atoms with Crippen molar-refractivity contribution in [3.63, 3.8) is 0 Å². The smallest absolute Gasteiger partial charge is 0.216 e. The van der Waals surface area contributed by atoms with Gasteiger partial charge in [-0.1, -0.05) is 18.6 Å². The van der Waals surface area contributed by atoms with Gasteiger partial charge in [0.05, 0.1) is 17.4 Å². The van der Waals surface area contributed by atoms with Crippen molar-refractivity contribution in [3.8, 4) is 6.07 Å². The molecule has 1 aromatic carbocycles. The monoisotopic (exact) mass is 293 g/mol. The number of sulfonamides is 1. The third kappa shape index (κ3) is 4.60. The van der Waals surface area contributed by atoms with Gasteiger partial charge in [-0.2, -0.15) is 5.26 Å². The van der Waals surface area contributed by atoms with Gasteiger partial charge in [-0.05, 0) is 37.1 Å². The number of rotatable bonds is 4. The Kier molecular flexibility index (Phi) is 5.12. The van der Waals surface area contributed by atoms with Crippen LogP contribution in [0.3, 0.4) is 0 Å². The predicted octanol–water partition coefficient (Wildman–Crippen LogP) is 1.12. The SMILES string of the molecule is N#Cc1ccc(CS(=O)(=O)NC2CCCCNC2)cc1. The molecule has 1 saturated heterocycles. The zero-order valence-corrected chi connectivity index (χ0v) is 12.1. The number of hydrogen-bond acceptors (Lipinski definition) is 4. The standard InChI is InChI=1S/C14H19N3O2S/c15-9-12-4-6-13(7-5-12)11-20(18,19)17-14-3-1-2-8-16-10-14/h4-7,14,16-17H,1-3,8,10-11H2. The summed E-state index contributed by atoms with van der Waals surface area (Å²) in [6, 6.07) is 8.63. The summed E-state index contributed by atoms with van der Waals surface area (Å²) in [5.41, 5.74) is 1.23. The minimum Gasteiger partial charge on any atom is -0.315 e. The molecule has 0 aromatic heterocycles. The number of nitrogens with one attached hydrogen (secondary N) is 2. The van der Waals surface area contributed by atoms with E-state index in [4.69, 9.17) is 5.26 Å². The van der Waals surface area contributed by atoms with Crippen molar-refractivity contribution in [2.24, 2.45) is 0 Å². The molecule has 0 radical (unpaired) electrons. The van der Waals surface area contributed by atoms with Crippen molar-refractivity contribution < 1.29 is 8.42 Å². The zero-order chi connectivity index (χ0) is 14.4. The highest BCUT2D eigenvalue weighted by Crippen LogP contribution is 2.10. The molecule has 1 aliphatic rings. The summed E-state index contributed by atoms with van der Waals surface area (Å²) >= 11 is 0. The van der Waals surface area contributed by atoms with Gasteiger partial charge in [0.2, 0.25) is 10.0 Å². The molecule has 2 N–H and O–H groups in total. The fourth-order valence-corrected chi connectivity index (χ4v) is 3.73. The van der Waals surface area contributed by atoms with Crippen LogP contribution in [0, 0.1) is 11.3 Å². The van der Waals surface area contributed by atoms with E-state index in [-0.39, 0.29) is 11.8 Å². The maximum atomic E-state index is 12.1. The summed E-state index contributed by atoms with van der Waals surface area (Å²) in [6.07, 6.45) is 3.00. The first-order valence-corrected chi connectivity index (χ1v) is 8.44. The van der Waals surface area contributed by atoms with Gasteiger partial charge < -0.3 is 5.32 Å². The molecule has 0 spiro atoms. The van der Waals surface area contributed by atoms with E-state index in [0.29, 0.717) is 17.7 Å². The molecule has 0 amide bonds. The Morgan fingerprint density at radius 1 is 1.30 bits per heavy atom. The molecule has 1 unspecified atom stereocenters. The molecular formula is C14H19N3O2S. The molecule has 1 aliphatic heterocycles. The van der Waals surface area contributed by atoms with Gasteiger partial charge in [-0.25, -0.2) is 13.1 Å². The second-order valence-electron chi connectivity index (χ2n) is 5.08. The van der Waals surface area contributed by atoms with Gasteiger partial charge in [0.1, 0.15) is 0 Å². The van der Waals surface area contributed by atoms with Crippen molar-refractivity contribution in [1.29, 1.82) is 5.26 Å². The second kappa shape index (κ2) is 6.84. The number of hydrogen-bond donors (Lipinski definition) is 2. The lowest BCUT2D eigenvalue weighted by Gasteiger charge is -2.16. The molecule has 108 valence electrons. The maximum absolute atomic E-state index is 12.1. The van der Waals surface area contributed by atoms with Crippen molar-refractivity contribution in [2.75, 3.05) is 13.1 Å². The summed E-state index contributed by atoms with van der Waals surface area (Å²) in [5.74, 6) is -0.0464. The minimum absolute atomic E-state index is 0.0270. The Balaban J connectivity index is 1.97. The van der Waals surface area contributed by atoms with Crippen LogP contribution in [-0.2, 0) is 15.8 Å². The van der Waals surface area contributed by atoms with Gasteiger partial charge in [-0.15, -0.1) is 0 Å². The molecule has 1 fully saturated rings. The van der Waals surface area contributed by atoms with Gasteiger partial charge in [0.15, 0.2) is 0 Å². The molecule has 6 heteroatoms. The molecule has 5 nitrogen and oxygen atoms in total. The van der Waals surface area contributed by atoms with Crippen molar-refractivity contribution in [2.45, 2.75) is 31.1 Å². The third-order valence-electron chi connectivity index (χ3n) is 3.33. The van der Waals surface area contributed by atoms with Gasteiger partial charge >= 0.3 is 0 Å². The summed E-state index contributed by atoms with van der Waals surface area (Å²) in [5, 5.41) is 12.0. The van der Waals surface area contributed by atoms with E-state index in [1.54, 1.807) is 24.3 Å². The average Bonchev–Trinajstić information content (AvgIpc) is 2.67. The molecular weight excluding hydrogens is 274 g/mol. The average molecular weight is 293 g/mol. The fourth-order valence-electron chi connectivity index (χ4n) is 2.31. The van der Waals surface area contributed by atoms with Gasteiger partial charge in [0, 0.05) is 12.6 Å². The highest BCUT2D eigenvalue weighted by Gasteiger charge is 2.19. The van der Waals surface area contributed by atoms with Crippen molar-refractivity contribution >= 4 is 10.0 Å². The van der Waals surface area contributed by atoms with E-state index >= 15 is 0 Å². The number of nitriles is 1. The molecule has 1 aromatic rings. The topological polar surface area (TPSA) is 82.0 Å². The largest absolute Gasteiger partial charge is 0.315 e.